The Labute approximate surface area is 98.9 Å². The lowest BCUT2D eigenvalue weighted by Crippen LogP contribution is -2.46. The molecule has 0 fully saturated rings. The Balaban J connectivity index is 4.22. The summed E-state index contributed by atoms with van der Waals surface area (Å²) in [5.74, 6) is 1.43. The second-order valence-corrected chi connectivity index (χ2v) is 4.87. The van der Waals surface area contributed by atoms with Gasteiger partial charge in [-0.05, 0) is 24.3 Å². The van der Waals surface area contributed by atoms with E-state index in [1.54, 1.807) is 0 Å². The smallest absolute Gasteiger partial charge is 0.324 e. The molecule has 1 unspecified atom stereocenters. The number of carbonyl (C=O) groups is 1. The van der Waals surface area contributed by atoms with Crippen molar-refractivity contribution in [3.8, 4) is 0 Å². The molecule has 4 nitrogen and oxygen atoms in total. The second-order valence-electron chi connectivity index (χ2n) is 4.87. The van der Waals surface area contributed by atoms with Crippen LogP contribution in [0, 0.1) is 17.8 Å². The van der Waals surface area contributed by atoms with E-state index in [1.165, 1.54) is 7.11 Å². The molecule has 0 aliphatic heterocycles. The Bertz CT molecular complexity index is 197. The minimum Gasteiger partial charge on any atom is -0.468 e. The Kier molecular flexibility index (Phi) is 7.34. The summed E-state index contributed by atoms with van der Waals surface area (Å²) < 4.78 is 4.68. The van der Waals surface area contributed by atoms with Gasteiger partial charge in [0.15, 0.2) is 0 Å². The first kappa shape index (κ1) is 15.4. The largest absolute Gasteiger partial charge is 0.468 e. The van der Waals surface area contributed by atoms with Crippen LogP contribution in [0.15, 0.2) is 0 Å². The average Bonchev–Trinajstić information content (AvgIpc) is 2.22. The van der Waals surface area contributed by atoms with Crippen LogP contribution in [0.1, 0.15) is 27.7 Å². The van der Waals surface area contributed by atoms with Gasteiger partial charge in [-0.1, -0.05) is 27.7 Å². The van der Waals surface area contributed by atoms with Gasteiger partial charge in [0.2, 0.25) is 0 Å². The van der Waals surface area contributed by atoms with Crippen molar-refractivity contribution in [2.45, 2.75) is 33.7 Å². The third-order valence-electron chi connectivity index (χ3n) is 3.03. The molecule has 0 radical (unpaired) electrons. The molecule has 1 atom stereocenters. The number of hydrogen-bond donors (Lipinski definition) is 2. The molecule has 0 aliphatic rings. The van der Waals surface area contributed by atoms with Crippen molar-refractivity contribution >= 4 is 5.97 Å². The number of carbonyl (C=O) groups excluding carboxylic acids is 1. The van der Waals surface area contributed by atoms with Crippen molar-refractivity contribution in [3.05, 3.63) is 0 Å². The van der Waals surface area contributed by atoms with Crippen LogP contribution < -0.4 is 11.1 Å². The van der Waals surface area contributed by atoms with Crippen LogP contribution in [0.3, 0.4) is 0 Å². The molecule has 0 spiro atoms. The lowest BCUT2D eigenvalue weighted by Gasteiger charge is -2.27. The maximum atomic E-state index is 11.3. The van der Waals surface area contributed by atoms with Crippen LogP contribution in [0.25, 0.3) is 0 Å². The van der Waals surface area contributed by atoms with Crippen LogP contribution >= 0.6 is 0 Å². The highest BCUT2D eigenvalue weighted by Crippen LogP contribution is 2.19. The molecule has 0 aliphatic carbocycles. The summed E-state index contributed by atoms with van der Waals surface area (Å²) in [6, 6.07) is -0.384. The number of rotatable bonds is 7. The van der Waals surface area contributed by atoms with E-state index < -0.39 is 0 Å². The van der Waals surface area contributed by atoms with E-state index in [2.05, 4.69) is 37.7 Å². The molecule has 0 aromatic carbocycles. The van der Waals surface area contributed by atoms with Crippen molar-refractivity contribution in [3.63, 3.8) is 0 Å². The standard InChI is InChI=1S/C12H26N2O2/c1-8(2)10(9(3)4)7-14-11(6-13)12(15)16-5/h8-11,14H,6-7,13H2,1-5H3. The molecule has 0 rings (SSSR count). The van der Waals surface area contributed by atoms with Gasteiger partial charge < -0.3 is 15.8 Å². The van der Waals surface area contributed by atoms with E-state index >= 15 is 0 Å². The quantitative estimate of drug-likeness (QED) is 0.641. The van der Waals surface area contributed by atoms with Crippen LogP contribution in [0.5, 0.6) is 0 Å². The number of methoxy groups -OCH3 is 1. The average molecular weight is 230 g/mol. The molecular formula is C12H26N2O2. The Hall–Kier alpha value is -0.610. The first-order valence-corrected chi connectivity index (χ1v) is 5.95. The number of nitrogens with two attached hydrogens (primary N) is 1. The Morgan fingerprint density at radius 1 is 1.25 bits per heavy atom. The van der Waals surface area contributed by atoms with Gasteiger partial charge in [-0.15, -0.1) is 0 Å². The van der Waals surface area contributed by atoms with Gasteiger partial charge in [0.05, 0.1) is 7.11 Å². The number of esters is 1. The number of ether oxygens (including phenoxy) is 1. The third kappa shape index (κ3) is 4.94. The SMILES string of the molecule is COC(=O)C(CN)NCC(C(C)C)C(C)C. The van der Waals surface area contributed by atoms with E-state index in [-0.39, 0.29) is 18.6 Å². The molecular weight excluding hydrogens is 204 g/mol. The molecule has 0 saturated heterocycles. The van der Waals surface area contributed by atoms with Crippen molar-refractivity contribution < 1.29 is 9.53 Å². The van der Waals surface area contributed by atoms with E-state index in [9.17, 15) is 4.79 Å². The molecule has 3 N–H and O–H groups in total. The topological polar surface area (TPSA) is 64.3 Å². The summed E-state index contributed by atoms with van der Waals surface area (Å²) in [4.78, 5) is 11.3. The van der Waals surface area contributed by atoms with Crippen LogP contribution in [-0.2, 0) is 9.53 Å². The summed E-state index contributed by atoms with van der Waals surface area (Å²) in [7, 11) is 1.38. The Morgan fingerprint density at radius 3 is 2.06 bits per heavy atom. The minimum absolute atomic E-state index is 0.273. The molecule has 0 heterocycles. The summed E-state index contributed by atoms with van der Waals surface area (Å²) in [5, 5.41) is 3.18. The Morgan fingerprint density at radius 2 is 1.75 bits per heavy atom. The van der Waals surface area contributed by atoms with Gasteiger partial charge >= 0.3 is 5.97 Å². The normalized spacial score (nSPS) is 13.6. The molecule has 0 aromatic heterocycles. The predicted molar refractivity (Wildman–Crippen MR) is 66.0 cm³/mol. The zero-order valence-corrected chi connectivity index (χ0v) is 11.1. The van der Waals surface area contributed by atoms with Crippen molar-refractivity contribution in [2.24, 2.45) is 23.5 Å². The van der Waals surface area contributed by atoms with E-state index in [0.29, 0.717) is 17.8 Å². The van der Waals surface area contributed by atoms with Gasteiger partial charge in [-0.25, -0.2) is 0 Å². The zero-order chi connectivity index (χ0) is 12.7. The second kappa shape index (κ2) is 7.63. The predicted octanol–water partition coefficient (Wildman–Crippen LogP) is 1.00. The molecule has 96 valence electrons. The van der Waals surface area contributed by atoms with Crippen LogP contribution in [0.2, 0.25) is 0 Å². The van der Waals surface area contributed by atoms with Crippen LogP contribution in [-0.4, -0.2) is 32.2 Å². The lowest BCUT2D eigenvalue weighted by atomic mass is 9.85. The molecule has 4 heteroatoms. The van der Waals surface area contributed by atoms with Gasteiger partial charge in [-0.2, -0.15) is 0 Å². The van der Waals surface area contributed by atoms with Gasteiger partial charge in [0, 0.05) is 6.54 Å². The maximum Gasteiger partial charge on any atom is 0.324 e. The molecule has 0 amide bonds. The number of hydrogen-bond acceptors (Lipinski definition) is 4. The van der Waals surface area contributed by atoms with Crippen molar-refractivity contribution in [2.75, 3.05) is 20.2 Å². The van der Waals surface area contributed by atoms with Gasteiger partial charge in [0.1, 0.15) is 6.04 Å². The fraction of sp³-hybridized carbons (Fsp3) is 0.917. The highest BCUT2D eigenvalue weighted by Gasteiger charge is 2.22. The van der Waals surface area contributed by atoms with Crippen molar-refractivity contribution in [1.82, 2.24) is 5.32 Å². The van der Waals surface area contributed by atoms with Crippen LogP contribution in [0.4, 0.5) is 0 Å². The van der Waals surface area contributed by atoms with E-state index in [1.807, 2.05) is 0 Å². The zero-order valence-electron chi connectivity index (χ0n) is 11.1. The third-order valence-corrected chi connectivity index (χ3v) is 3.03. The highest BCUT2D eigenvalue weighted by molar-refractivity contribution is 5.75. The monoisotopic (exact) mass is 230 g/mol. The molecule has 0 saturated carbocycles. The number of nitrogens with one attached hydrogen (secondary N) is 1. The first-order valence-electron chi connectivity index (χ1n) is 5.95. The van der Waals surface area contributed by atoms with Gasteiger partial charge in [-0.3, -0.25) is 4.79 Å². The summed E-state index contributed by atoms with van der Waals surface area (Å²) >= 11 is 0. The summed E-state index contributed by atoms with van der Waals surface area (Å²) in [6.07, 6.45) is 0. The summed E-state index contributed by atoms with van der Waals surface area (Å²) in [5.41, 5.74) is 5.52. The molecule has 0 bridgehead atoms. The van der Waals surface area contributed by atoms with E-state index in [4.69, 9.17) is 5.73 Å². The lowest BCUT2D eigenvalue weighted by molar-refractivity contribution is -0.142. The maximum absolute atomic E-state index is 11.3. The van der Waals surface area contributed by atoms with E-state index in [0.717, 1.165) is 6.54 Å². The molecule has 0 aromatic rings. The highest BCUT2D eigenvalue weighted by atomic mass is 16.5. The first-order chi connectivity index (χ1) is 7.43. The fourth-order valence-electron chi connectivity index (χ4n) is 1.92. The fourth-order valence-corrected chi connectivity index (χ4v) is 1.92. The van der Waals surface area contributed by atoms with Gasteiger partial charge in [0.25, 0.3) is 0 Å². The molecule has 16 heavy (non-hydrogen) atoms. The van der Waals surface area contributed by atoms with Crippen molar-refractivity contribution in [1.29, 1.82) is 0 Å². The minimum atomic E-state index is -0.384. The summed E-state index contributed by atoms with van der Waals surface area (Å²) in [6.45, 7) is 9.86.